The molecule has 238 valence electrons. The molecule has 0 bridgehead atoms. The van der Waals surface area contributed by atoms with Gasteiger partial charge in [-0.2, -0.15) is 0 Å². The van der Waals surface area contributed by atoms with Crippen LogP contribution < -0.4 is 0 Å². The lowest BCUT2D eigenvalue weighted by atomic mass is 9.94. The Hall–Kier alpha value is -3.31. The molecule has 2 heteroatoms. The first-order chi connectivity index (χ1) is 21.7. The van der Waals surface area contributed by atoms with Gasteiger partial charge in [-0.15, -0.1) is 11.1 Å². The van der Waals surface area contributed by atoms with Gasteiger partial charge in [-0.25, -0.2) is 0 Å². The number of rotatable bonds is 6. The van der Waals surface area contributed by atoms with Gasteiger partial charge in [-0.1, -0.05) is 125 Å². The molecule has 0 amide bonds. The summed E-state index contributed by atoms with van der Waals surface area (Å²) in [5.41, 5.74) is 13.8. The number of hydrogen-bond acceptors (Lipinski definition) is 0. The molecule has 0 aliphatic carbocycles. The van der Waals surface area contributed by atoms with Gasteiger partial charge in [0.05, 0.1) is 0 Å². The van der Waals surface area contributed by atoms with Crippen molar-refractivity contribution in [2.75, 3.05) is 0 Å². The van der Waals surface area contributed by atoms with Gasteiger partial charge in [0.1, 0.15) is 16.1 Å². The normalized spacial score (nSPS) is 12.7. The summed E-state index contributed by atoms with van der Waals surface area (Å²) in [4.78, 5) is 0. The lowest BCUT2D eigenvalue weighted by Gasteiger charge is -2.38. The summed E-state index contributed by atoms with van der Waals surface area (Å²) < 4.78 is 0. The van der Waals surface area contributed by atoms with Crippen LogP contribution in [0.1, 0.15) is 94.2 Å². The van der Waals surface area contributed by atoms with Crippen LogP contribution in [0.15, 0.2) is 72.8 Å². The average Bonchev–Trinajstić information content (AvgIpc) is 2.98. The highest BCUT2D eigenvalue weighted by molar-refractivity contribution is 6.91. The molecule has 0 nitrogen and oxygen atoms in total. The Balaban J connectivity index is 1.84. The summed E-state index contributed by atoms with van der Waals surface area (Å²) >= 11 is 0. The molecule has 46 heavy (non-hydrogen) atoms. The SMILES string of the molecule is CC(C)[Si](C#Cc1ccc2cc3cc4cc5ccccc5cc4cc3cc2c1C#C[Si](C(C)C)(C(C)C)C(C)C)(C(C)C)C(C)C. The standard InChI is InChI=1S/C44H54Si2/c1-29(2)45(30(3)4,31(5)6)21-19-35-17-18-38-25-41-26-39-23-36-15-13-14-16-37(36)24-40(39)27-42(41)28-44(38)43(35)20-22-46(32(7)8,33(9)10)34(11)12/h13-18,23-34H,1-12H3. The molecule has 5 rings (SSSR count). The number of hydrogen-bond donors (Lipinski definition) is 0. The summed E-state index contributed by atoms with van der Waals surface area (Å²) in [7, 11) is -3.86. The van der Waals surface area contributed by atoms with Crippen LogP contribution in [-0.4, -0.2) is 16.1 Å². The highest BCUT2D eigenvalue weighted by atomic mass is 28.3. The van der Waals surface area contributed by atoms with Gasteiger partial charge < -0.3 is 0 Å². The Morgan fingerprint density at radius 1 is 0.391 bits per heavy atom. The molecule has 0 fully saturated rings. The van der Waals surface area contributed by atoms with Crippen LogP contribution >= 0.6 is 0 Å². The van der Waals surface area contributed by atoms with E-state index in [0.29, 0.717) is 33.2 Å². The molecule has 0 saturated carbocycles. The number of benzene rings is 5. The molecular weight excluding hydrogens is 585 g/mol. The largest absolute Gasteiger partial charge is 0.146 e. The molecule has 0 aliphatic rings. The van der Waals surface area contributed by atoms with E-state index in [0.717, 1.165) is 11.1 Å². The minimum atomic E-state index is -1.95. The first kappa shape index (κ1) is 34.0. The quantitative estimate of drug-likeness (QED) is 0.0986. The van der Waals surface area contributed by atoms with E-state index in [2.05, 4.69) is 179 Å². The Morgan fingerprint density at radius 3 is 1.20 bits per heavy atom. The predicted octanol–water partition coefficient (Wildman–Crippen LogP) is 13.4. The molecule has 0 spiro atoms. The van der Waals surface area contributed by atoms with Crippen LogP contribution in [0.3, 0.4) is 0 Å². The first-order valence-electron chi connectivity index (χ1n) is 17.6. The zero-order chi connectivity index (χ0) is 33.6. The Labute approximate surface area is 281 Å². The molecule has 0 unspecified atom stereocenters. The fraction of sp³-hybridized carbons (Fsp3) is 0.409. The molecule has 0 heterocycles. The zero-order valence-electron chi connectivity index (χ0n) is 30.4. The summed E-state index contributed by atoms with van der Waals surface area (Å²) in [5.74, 6) is 7.75. The minimum Gasteiger partial charge on any atom is -0.125 e. The van der Waals surface area contributed by atoms with Crippen molar-refractivity contribution in [1.29, 1.82) is 0 Å². The summed E-state index contributed by atoms with van der Waals surface area (Å²) in [6.07, 6.45) is 0. The monoisotopic (exact) mass is 638 g/mol. The molecule has 0 saturated heterocycles. The van der Waals surface area contributed by atoms with Gasteiger partial charge in [0, 0.05) is 11.1 Å². The van der Waals surface area contributed by atoms with Crippen LogP contribution in [0.5, 0.6) is 0 Å². The second kappa shape index (κ2) is 13.1. The van der Waals surface area contributed by atoms with E-state index in [-0.39, 0.29) is 0 Å². The van der Waals surface area contributed by atoms with E-state index < -0.39 is 16.1 Å². The lowest BCUT2D eigenvalue weighted by Crippen LogP contribution is -2.43. The smallest absolute Gasteiger partial charge is 0.125 e. The highest BCUT2D eigenvalue weighted by Crippen LogP contribution is 2.42. The Morgan fingerprint density at radius 2 is 0.761 bits per heavy atom. The van der Waals surface area contributed by atoms with Crippen LogP contribution in [0.4, 0.5) is 0 Å². The molecule has 0 atom stereocenters. The minimum absolute atomic E-state index is 0.578. The Kier molecular flexibility index (Phi) is 9.67. The van der Waals surface area contributed by atoms with Crippen LogP contribution in [0.25, 0.3) is 43.1 Å². The first-order valence-corrected chi connectivity index (χ1v) is 22.1. The maximum absolute atomic E-state index is 4.08. The summed E-state index contributed by atoms with van der Waals surface area (Å²) in [6.45, 7) is 28.8. The van der Waals surface area contributed by atoms with Gasteiger partial charge in [0.15, 0.2) is 0 Å². The second-order valence-electron chi connectivity index (χ2n) is 15.6. The highest BCUT2D eigenvalue weighted by Gasteiger charge is 2.42. The van der Waals surface area contributed by atoms with Gasteiger partial charge >= 0.3 is 0 Å². The van der Waals surface area contributed by atoms with Gasteiger partial charge in [0.25, 0.3) is 0 Å². The van der Waals surface area contributed by atoms with Crippen molar-refractivity contribution < 1.29 is 0 Å². The van der Waals surface area contributed by atoms with Crippen molar-refractivity contribution >= 4 is 59.2 Å². The fourth-order valence-corrected chi connectivity index (χ4v) is 19.4. The average molecular weight is 639 g/mol. The third-order valence-electron chi connectivity index (χ3n) is 11.3. The van der Waals surface area contributed by atoms with Gasteiger partial charge in [0.2, 0.25) is 0 Å². The molecular formula is C44H54Si2. The van der Waals surface area contributed by atoms with E-state index in [1.54, 1.807) is 0 Å². The van der Waals surface area contributed by atoms with Crippen molar-refractivity contribution in [2.45, 2.75) is 116 Å². The van der Waals surface area contributed by atoms with E-state index in [9.17, 15) is 0 Å². The van der Waals surface area contributed by atoms with Crippen molar-refractivity contribution in [3.63, 3.8) is 0 Å². The lowest BCUT2D eigenvalue weighted by molar-refractivity contribution is 0.838. The Bertz CT molecular complexity index is 1990. The second-order valence-corrected chi connectivity index (χ2v) is 26.8. The maximum atomic E-state index is 4.08. The molecule has 0 aromatic heterocycles. The maximum Gasteiger partial charge on any atom is 0.146 e. The van der Waals surface area contributed by atoms with Crippen molar-refractivity contribution in [1.82, 2.24) is 0 Å². The van der Waals surface area contributed by atoms with Crippen LogP contribution in [0, 0.1) is 22.9 Å². The summed E-state index contributed by atoms with van der Waals surface area (Å²) in [6, 6.07) is 27.4. The fourth-order valence-electron chi connectivity index (χ4n) is 8.97. The molecule has 0 N–H and O–H groups in total. The predicted molar refractivity (Wildman–Crippen MR) is 212 cm³/mol. The summed E-state index contributed by atoms with van der Waals surface area (Å²) in [5, 5.41) is 10.1. The van der Waals surface area contributed by atoms with E-state index >= 15 is 0 Å². The third-order valence-corrected chi connectivity index (χ3v) is 23.9. The zero-order valence-corrected chi connectivity index (χ0v) is 32.4. The van der Waals surface area contributed by atoms with Gasteiger partial charge in [-0.05, 0) is 119 Å². The van der Waals surface area contributed by atoms with E-state index in [1.165, 1.54) is 43.1 Å². The molecule has 0 radical (unpaired) electrons. The topological polar surface area (TPSA) is 0 Å². The molecule has 5 aromatic rings. The third kappa shape index (κ3) is 5.85. The molecule has 5 aromatic carbocycles. The van der Waals surface area contributed by atoms with Crippen molar-refractivity contribution in [3.05, 3.63) is 83.9 Å². The van der Waals surface area contributed by atoms with Crippen molar-refractivity contribution in [2.24, 2.45) is 0 Å². The molecule has 0 aliphatic heterocycles. The van der Waals surface area contributed by atoms with Crippen LogP contribution in [-0.2, 0) is 0 Å². The van der Waals surface area contributed by atoms with Crippen molar-refractivity contribution in [3.8, 4) is 22.9 Å². The van der Waals surface area contributed by atoms with Crippen LogP contribution in [0.2, 0.25) is 33.2 Å². The van der Waals surface area contributed by atoms with E-state index in [4.69, 9.17) is 0 Å². The number of fused-ring (bicyclic) bond motifs is 4. The van der Waals surface area contributed by atoms with E-state index in [1.807, 2.05) is 0 Å². The van der Waals surface area contributed by atoms with Gasteiger partial charge in [-0.3, -0.25) is 0 Å².